The lowest BCUT2D eigenvalue weighted by atomic mass is 10.2. The van der Waals surface area contributed by atoms with E-state index in [2.05, 4.69) is 16.0 Å². The molecule has 0 unspecified atom stereocenters. The van der Waals surface area contributed by atoms with E-state index in [4.69, 9.17) is 0 Å². The van der Waals surface area contributed by atoms with Crippen molar-refractivity contribution < 1.29 is 14.0 Å². The lowest BCUT2D eigenvalue weighted by Crippen LogP contribution is -2.41. The molecule has 0 radical (unpaired) electrons. The Balaban J connectivity index is 1.57. The van der Waals surface area contributed by atoms with Gasteiger partial charge >= 0.3 is 6.03 Å². The fourth-order valence-electron chi connectivity index (χ4n) is 2.20. The summed E-state index contributed by atoms with van der Waals surface area (Å²) in [7, 11) is 0. The maximum Gasteiger partial charge on any atom is 0.315 e. The van der Waals surface area contributed by atoms with Gasteiger partial charge in [-0.1, -0.05) is 18.2 Å². The van der Waals surface area contributed by atoms with Gasteiger partial charge in [-0.3, -0.25) is 4.79 Å². The smallest absolute Gasteiger partial charge is 0.315 e. The Morgan fingerprint density at radius 3 is 2.59 bits per heavy atom. The van der Waals surface area contributed by atoms with Crippen molar-refractivity contribution in [3.8, 4) is 0 Å². The Morgan fingerprint density at radius 2 is 1.86 bits per heavy atom. The van der Waals surface area contributed by atoms with E-state index in [0.29, 0.717) is 25.1 Å². The molecule has 0 fully saturated rings. The number of amides is 3. The van der Waals surface area contributed by atoms with Crippen molar-refractivity contribution in [1.29, 1.82) is 0 Å². The number of urea groups is 1. The van der Waals surface area contributed by atoms with Crippen molar-refractivity contribution in [3.05, 3.63) is 47.8 Å². The molecule has 0 heterocycles. The van der Waals surface area contributed by atoms with Crippen LogP contribution >= 0.6 is 0 Å². The molecule has 2 rings (SSSR count). The molecule has 0 spiro atoms. The summed E-state index contributed by atoms with van der Waals surface area (Å²) in [4.78, 5) is 23.3. The summed E-state index contributed by atoms with van der Waals surface area (Å²) < 4.78 is 13.0. The number of benzene rings is 1. The first-order valence-electron chi connectivity index (χ1n) is 7.38. The van der Waals surface area contributed by atoms with Crippen molar-refractivity contribution in [2.45, 2.75) is 25.3 Å². The van der Waals surface area contributed by atoms with E-state index in [9.17, 15) is 14.0 Å². The molecule has 0 bridgehead atoms. The molecule has 1 aliphatic rings. The van der Waals surface area contributed by atoms with Gasteiger partial charge in [0.05, 0.1) is 0 Å². The van der Waals surface area contributed by atoms with Crippen LogP contribution in [-0.2, 0) is 0 Å². The molecule has 1 aromatic rings. The van der Waals surface area contributed by atoms with Crippen LogP contribution in [0.3, 0.4) is 0 Å². The number of carbonyl (C=O) groups is 2. The standard InChI is InChI=1S/C16H20FN3O2/c17-13-6-3-5-12(11-13)15(21)18-9-4-10-19-16(22)20-14-7-1-2-8-14/h1-3,5-6,11,14H,4,7-10H2,(H,18,21)(H2,19,20,22). The Bertz CT molecular complexity index is 552. The molecular weight excluding hydrogens is 285 g/mol. The van der Waals surface area contributed by atoms with Gasteiger partial charge in [-0.05, 0) is 37.5 Å². The SMILES string of the molecule is O=C(NCCCNC(=O)c1cccc(F)c1)NC1CC=CC1. The summed E-state index contributed by atoms with van der Waals surface area (Å²) >= 11 is 0. The highest BCUT2D eigenvalue weighted by Gasteiger charge is 2.12. The molecule has 0 saturated heterocycles. The Labute approximate surface area is 129 Å². The second-order valence-electron chi connectivity index (χ2n) is 5.16. The second kappa shape index (κ2) is 8.17. The van der Waals surface area contributed by atoms with E-state index < -0.39 is 5.82 Å². The number of carbonyl (C=O) groups excluding carboxylic acids is 2. The third kappa shape index (κ3) is 5.20. The van der Waals surface area contributed by atoms with E-state index in [1.807, 2.05) is 12.2 Å². The van der Waals surface area contributed by atoms with Crippen LogP contribution in [0.1, 0.15) is 29.6 Å². The predicted molar refractivity (Wildman–Crippen MR) is 82.0 cm³/mol. The van der Waals surface area contributed by atoms with Gasteiger partial charge in [0.15, 0.2) is 0 Å². The van der Waals surface area contributed by atoms with Gasteiger partial charge in [0, 0.05) is 24.7 Å². The molecule has 22 heavy (non-hydrogen) atoms. The van der Waals surface area contributed by atoms with E-state index in [1.54, 1.807) is 6.07 Å². The minimum absolute atomic E-state index is 0.188. The van der Waals surface area contributed by atoms with Crippen molar-refractivity contribution in [2.24, 2.45) is 0 Å². The van der Waals surface area contributed by atoms with Crippen LogP contribution in [0.2, 0.25) is 0 Å². The minimum Gasteiger partial charge on any atom is -0.352 e. The highest BCUT2D eigenvalue weighted by Crippen LogP contribution is 2.08. The van der Waals surface area contributed by atoms with E-state index in [1.165, 1.54) is 18.2 Å². The quantitative estimate of drug-likeness (QED) is 0.555. The molecule has 3 N–H and O–H groups in total. The first kappa shape index (κ1) is 16.0. The maximum absolute atomic E-state index is 13.0. The summed E-state index contributed by atoms with van der Waals surface area (Å²) in [6.45, 7) is 0.885. The predicted octanol–water partition coefficient (Wildman–Crippen LogP) is 1.96. The maximum atomic E-state index is 13.0. The van der Waals surface area contributed by atoms with Gasteiger partial charge in [-0.2, -0.15) is 0 Å². The molecular formula is C16H20FN3O2. The fraction of sp³-hybridized carbons (Fsp3) is 0.375. The minimum atomic E-state index is -0.438. The summed E-state index contributed by atoms with van der Waals surface area (Å²) in [6.07, 6.45) is 6.45. The van der Waals surface area contributed by atoms with Gasteiger partial charge in [0.2, 0.25) is 0 Å². The zero-order chi connectivity index (χ0) is 15.8. The molecule has 118 valence electrons. The molecule has 3 amide bonds. The van der Waals surface area contributed by atoms with Gasteiger partial charge in [0.25, 0.3) is 5.91 Å². The number of rotatable bonds is 6. The van der Waals surface area contributed by atoms with Crippen LogP contribution in [0.4, 0.5) is 9.18 Å². The topological polar surface area (TPSA) is 70.2 Å². The van der Waals surface area contributed by atoms with Gasteiger partial charge < -0.3 is 16.0 Å². The van der Waals surface area contributed by atoms with Crippen LogP contribution < -0.4 is 16.0 Å². The van der Waals surface area contributed by atoms with Gasteiger partial charge in [-0.25, -0.2) is 9.18 Å². The fourth-order valence-corrected chi connectivity index (χ4v) is 2.20. The molecule has 5 nitrogen and oxygen atoms in total. The average molecular weight is 305 g/mol. The zero-order valence-electron chi connectivity index (χ0n) is 12.3. The molecule has 6 heteroatoms. The van der Waals surface area contributed by atoms with Crippen molar-refractivity contribution >= 4 is 11.9 Å². The third-order valence-corrected chi connectivity index (χ3v) is 3.35. The highest BCUT2D eigenvalue weighted by atomic mass is 19.1. The normalized spacial score (nSPS) is 13.9. The molecule has 0 aromatic heterocycles. The van der Waals surface area contributed by atoms with E-state index in [0.717, 1.165) is 12.8 Å². The van der Waals surface area contributed by atoms with Crippen molar-refractivity contribution in [1.82, 2.24) is 16.0 Å². The van der Waals surface area contributed by atoms with E-state index in [-0.39, 0.29) is 18.0 Å². The molecule has 0 atom stereocenters. The number of halogens is 1. The van der Waals surface area contributed by atoms with E-state index >= 15 is 0 Å². The van der Waals surface area contributed by atoms with Crippen LogP contribution in [0.25, 0.3) is 0 Å². The summed E-state index contributed by atoms with van der Waals surface area (Å²) in [5.41, 5.74) is 0.291. The van der Waals surface area contributed by atoms with Crippen LogP contribution in [0.15, 0.2) is 36.4 Å². The number of hydrogen-bond donors (Lipinski definition) is 3. The largest absolute Gasteiger partial charge is 0.352 e. The second-order valence-corrected chi connectivity index (χ2v) is 5.16. The third-order valence-electron chi connectivity index (χ3n) is 3.35. The average Bonchev–Trinajstić information content (AvgIpc) is 2.99. The van der Waals surface area contributed by atoms with Gasteiger partial charge in [0.1, 0.15) is 5.82 Å². The molecule has 0 saturated carbocycles. The van der Waals surface area contributed by atoms with Crippen LogP contribution in [0, 0.1) is 5.82 Å². The monoisotopic (exact) mass is 305 g/mol. The summed E-state index contributed by atoms with van der Waals surface area (Å²) in [6, 6.07) is 5.53. The highest BCUT2D eigenvalue weighted by molar-refractivity contribution is 5.94. The first-order valence-corrected chi connectivity index (χ1v) is 7.38. The van der Waals surface area contributed by atoms with Crippen LogP contribution in [-0.4, -0.2) is 31.1 Å². The van der Waals surface area contributed by atoms with Crippen molar-refractivity contribution in [2.75, 3.05) is 13.1 Å². The first-order chi connectivity index (χ1) is 10.6. The Kier molecular flexibility index (Phi) is 5.94. The molecule has 1 aliphatic carbocycles. The number of nitrogens with one attached hydrogen (secondary N) is 3. The molecule has 0 aliphatic heterocycles. The summed E-state index contributed by atoms with van der Waals surface area (Å²) in [5, 5.41) is 8.30. The lowest BCUT2D eigenvalue weighted by molar-refractivity contribution is 0.0953. The molecule has 1 aromatic carbocycles. The Morgan fingerprint density at radius 1 is 1.14 bits per heavy atom. The summed E-state index contributed by atoms with van der Waals surface area (Å²) in [5.74, 6) is -0.756. The van der Waals surface area contributed by atoms with Crippen molar-refractivity contribution in [3.63, 3.8) is 0 Å². The lowest BCUT2D eigenvalue weighted by Gasteiger charge is -2.13. The van der Waals surface area contributed by atoms with Crippen LogP contribution in [0.5, 0.6) is 0 Å². The number of hydrogen-bond acceptors (Lipinski definition) is 2. The zero-order valence-corrected chi connectivity index (χ0v) is 12.3. The van der Waals surface area contributed by atoms with Gasteiger partial charge in [-0.15, -0.1) is 0 Å². The Hall–Kier alpha value is -2.37.